The van der Waals surface area contributed by atoms with Crippen LogP contribution >= 0.6 is 11.6 Å². The zero-order chi connectivity index (χ0) is 21.1. The first-order valence-corrected chi connectivity index (χ1v) is 9.64. The Morgan fingerprint density at radius 3 is 2.93 bits per heavy atom. The smallest absolute Gasteiger partial charge is 0.340 e. The molecule has 0 saturated carbocycles. The number of nitrogens with two attached hydrogens (primary N) is 1. The van der Waals surface area contributed by atoms with Crippen LogP contribution in [-0.2, 0) is 14.2 Å². The summed E-state index contributed by atoms with van der Waals surface area (Å²) in [7, 11) is 0. The first-order chi connectivity index (χ1) is 14.5. The number of anilines is 1. The lowest BCUT2D eigenvalue weighted by Crippen LogP contribution is -2.33. The molecular weight excluding hydrogens is 408 g/mol. The summed E-state index contributed by atoms with van der Waals surface area (Å²) in [6, 6.07) is 10.5. The van der Waals surface area contributed by atoms with Gasteiger partial charge in [-0.15, -0.1) is 6.42 Å². The Morgan fingerprint density at radius 2 is 2.17 bits per heavy atom. The molecule has 0 radical (unpaired) electrons. The van der Waals surface area contributed by atoms with Crippen molar-refractivity contribution >= 4 is 34.4 Å². The third-order valence-electron chi connectivity index (χ3n) is 4.92. The number of carbonyl (C=O) groups excluding carboxylic acids is 1. The number of hydrogen-bond acceptors (Lipinski definition) is 7. The van der Waals surface area contributed by atoms with E-state index in [4.69, 9.17) is 38.0 Å². The van der Waals surface area contributed by atoms with Gasteiger partial charge in [0.1, 0.15) is 17.7 Å². The lowest BCUT2D eigenvalue weighted by molar-refractivity contribution is -0.108. The standard InChI is InChI=1S/C21H19ClN4O4/c1-2-21(12-28-13-29-19(27)14-6-4-3-5-7-14)10-8-16(30-21)26-11-9-15-17(23)24-20(22)25-18(15)26/h1,3-7,9,11,16H,8,10,12-13H2,(H2,23,24,25)/t16-,21+/m1/s1. The van der Waals surface area contributed by atoms with Crippen LogP contribution < -0.4 is 5.73 Å². The van der Waals surface area contributed by atoms with Gasteiger partial charge < -0.3 is 24.5 Å². The Kier molecular flexibility index (Phi) is 5.59. The summed E-state index contributed by atoms with van der Waals surface area (Å²) >= 11 is 5.95. The molecule has 2 aromatic heterocycles. The van der Waals surface area contributed by atoms with Crippen molar-refractivity contribution in [2.75, 3.05) is 19.1 Å². The summed E-state index contributed by atoms with van der Waals surface area (Å²) in [6.45, 7) is -0.143. The summed E-state index contributed by atoms with van der Waals surface area (Å²) < 4.78 is 18.6. The lowest BCUT2D eigenvalue weighted by atomic mass is 10.0. The monoisotopic (exact) mass is 426 g/mol. The van der Waals surface area contributed by atoms with E-state index in [9.17, 15) is 4.79 Å². The molecule has 0 aliphatic carbocycles. The maximum atomic E-state index is 12.0. The van der Waals surface area contributed by atoms with Gasteiger partial charge in [-0.2, -0.15) is 4.98 Å². The van der Waals surface area contributed by atoms with Crippen molar-refractivity contribution in [2.24, 2.45) is 0 Å². The molecule has 3 aromatic rings. The van der Waals surface area contributed by atoms with E-state index >= 15 is 0 Å². The van der Waals surface area contributed by atoms with E-state index in [0.717, 1.165) is 0 Å². The van der Waals surface area contributed by atoms with Crippen molar-refractivity contribution < 1.29 is 19.0 Å². The Morgan fingerprint density at radius 1 is 1.37 bits per heavy atom. The van der Waals surface area contributed by atoms with E-state index in [-0.39, 0.29) is 24.9 Å². The molecule has 2 N–H and O–H groups in total. The minimum absolute atomic E-state index is 0.0599. The van der Waals surface area contributed by atoms with Crippen molar-refractivity contribution in [3.63, 3.8) is 0 Å². The highest BCUT2D eigenvalue weighted by atomic mass is 35.5. The number of nitrogen functional groups attached to an aromatic ring is 1. The van der Waals surface area contributed by atoms with Gasteiger partial charge in [0.25, 0.3) is 0 Å². The summed E-state index contributed by atoms with van der Waals surface area (Å²) in [4.78, 5) is 20.2. The molecule has 1 aliphatic heterocycles. The largest absolute Gasteiger partial charge is 0.435 e. The van der Waals surface area contributed by atoms with Gasteiger partial charge in [-0.05, 0) is 42.6 Å². The number of aromatic nitrogens is 3. The molecule has 1 fully saturated rings. The summed E-state index contributed by atoms with van der Waals surface area (Å²) in [5.74, 6) is 2.51. The molecule has 0 unspecified atom stereocenters. The molecule has 2 atom stereocenters. The van der Waals surface area contributed by atoms with Gasteiger partial charge in [0.15, 0.2) is 12.4 Å². The van der Waals surface area contributed by atoms with Gasteiger partial charge in [0.05, 0.1) is 17.6 Å². The molecule has 9 heteroatoms. The van der Waals surface area contributed by atoms with Crippen LogP contribution in [0.1, 0.15) is 29.4 Å². The fourth-order valence-corrected chi connectivity index (χ4v) is 3.58. The highest BCUT2D eigenvalue weighted by molar-refractivity contribution is 6.28. The average molecular weight is 427 g/mol. The van der Waals surface area contributed by atoms with E-state index in [0.29, 0.717) is 35.3 Å². The van der Waals surface area contributed by atoms with Crippen LogP contribution in [0.5, 0.6) is 0 Å². The predicted molar refractivity (Wildman–Crippen MR) is 111 cm³/mol. The second-order valence-corrected chi connectivity index (χ2v) is 7.19. The van der Waals surface area contributed by atoms with Crippen LogP contribution in [0.25, 0.3) is 11.0 Å². The number of benzene rings is 1. The molecule has 1 aliphatic rings. The Balaban J connectivity index is 1.38. The molecule has 8 nitrogen and oxygen atoms in total. The third kappa shape index (κ3) is 3.96. The molecule has 30 heavy (non-hydrogen) atoms. The number of rotatable bonds is 6. The number of halogens is 1. The number of nitrogens with zero attached hydrogens (tertiary/aromatic N) is 3. The summed E-state index contributed by atoms with van der Waals surface area (Å²) in [5, 5.41) is 0.745. The van der Waals surface area contributed by atoms with Crippen molar-refractivity contribution in [2.45, 2.75) is 24.7 Å². The number of carbonyl (C=O) groups is 1. The first kappa shape index (κ1) is 20.2. The minimum Gasteiger partial charge on any atom is -0.435 e. The van der Waals surface area contributed by atoms with Gasteiger partial charge in [-0.1, -0.05) is 24.1 Å². The molecule has 1 saturated heterocycles. The maximum Gasteiger partial charge on any atom is 0.340 e. The third-order valence-corrected chi connectivity index (χ3v) is 5.09. The quantitative estimate of drug-likeness (QED) is 0.212. The molecule has 1 aromatic carbocycles. The topological polar surface area (TPSA) is 101 Å². The van der Waals surface area contributed by atoms with E-state index in [1.807, 2.05) is 16.8 Å². The van der Waals surface area contributed by atoms with E-state index < -0.39 is 11.6 Å². The Bertz CT molecular complexity index is 1110. The molecule has 4 rings (SSSR count). The number of esters is 1. The van der Waals surface area contributed by atoms with E-state index in [1.54, 1.807) is 30.3 Å². The highest BCUT2D eigenvalue weighted by Crippen LogP contribution is 2.38. The number of terminal acetylenes is 1. The molecular formula is C21H19ClN4O4. The minimum atomic E-state index is -0.942. The average Bonchev–Trinajstić information content (AvgIpc) is 3.36. The van der Waals surface area contributed by atoms with Crippen molar-refractivity contribution in [3.8, 4) is 12.3 Å². The fraction of sp³-hybridized carbons (Fsp3) is 0.286. The van der Waals surface area contributed by atoms with Gasteiger partial charge in [0, 0.05) is 6.20 Å². The number of ether oxygens (including phenoxy) is 3. The van der Waals surface area contributed by atoms with Crippen LogP contribution in [0.15, 0.2) is 42.6 Å². The van der Waals surface area contributed by atoms with Crippen LogP contribution in [0.2, 0.25) is 5.28 Å². The Hall–Kier alpha value is -3.12. The van der Waals surface area contributed by atoms with Crippen LogP contribution in [0.3, 0.4) is 0 Å². The van der Waals surface area contributed by atoms with Crippen molar-refractivity contribution in [1.82, 2.24) is 14.5 Å². The van der Waals surface area contributed by atoms with Crippen LogP contribution in [-0.4, -0.2) is 39.5 Å². The van der Waals surface area contributed by atoms with Crippen molar-refractivity contribution in [1.29, 1.82) is 0 Å². The zero-order valence-corrected chi connectivity index (χ0v) is 16.7. The Labute approximate surface area is 177 Å². The molecule has 0 spiro atoms. The molecule has 154 valence electrons. The molecule has 0 amide bonds. The predicted octanol–water partition coefficient (Wildman–Crippen LogP) is 3.18. The first-order valence-electron chi connectivity index (χ1n) is 9.26. The van der Waals surface area contributed by atoms with Gasteiger partial charge in [-0.25, -0.2) is 9.78 Å². The van der Waals surface area contributed by atoms with Gasteiger partial charge in [-0.3, -0.25) is 0 Å². The SMILES string of the molecule is C#C[C@@]1(COCOC(=O)c2ccccc2)CC[C@H](n2ccc3c(N)nc(Cl)nc32)O1. The number of fused-ring (bicyclic) bond motifs is 1. The second kappa shape index (κ2) is 8.32. The summed E-state index contributed by atoms with van der Waals surface area (Å²) in [5.41, 5.74) is 5.99. The second-order valence-electron chi connectivity index (χ2n) is 6.85. The van der Waals surface area contributed by atoms with Gasteiger partial charge >= 0.3 is 5.97 Å². The van der Waals surface area contributed by atoms with E-state index in [2.05, 4.69) is 15.9 Å². The lowest BCUT2D eigenvalue weighted by Gasteiger charge is -2.24. The van der Waals surface area contributed by atoms with Crippen LogP contribution in [0.4, 0.5) is 5.82 Å². The molecule has 3 heterocycles. The molecule has 0 bridgehead atoms. The van der Waals surface area contributed by atoms with Gasteiger partial charge in [0.2, 0.25) is 5.28 Å². The maximum absolute atomic E-state index is 12.0. The zero-order valence-electron chi connectivity index (χ0n) is 16.0. The highest BCUT2D eigenvalue weighted by Gasteiger charge is 2.40. The summed E-state index contributed by atoms with van der Waals surface area (Å²) in [6.07, 6.45) is 8.40. The van der Waals surface area contributed by atoms with E-state index in [1.165, 1.54) is 0 Å². The fourth-order valence-electron chi connectivity index (χ4n) is 3.41. The normalized spacial score (nSPS) is 20.9. The van der Waals surface area contributed by atoms with Crippen LogP contribution in [0, 0.1) is 12.3 Å². The number of hydrogen-bond donors (Lipinski definition) is 1. The van der Waals surface area contributed by atoms with Crippen molar-refractivity contribution in [3.05, 3.63) is 53.4 Å².